The second-order valence-electron chi connectivity index (χ2n) is 4.33. The minimum absolute atomic E-state index is 0.0151. The molecule has 0 atom stereocenters. The van der Waals surface area contributed by atoms with E-state index in [0.717, 1.165) is 16.9 Å². The number of hydrogen-bond acceptors (Lipinski definition) is 2. The van der Waals surface area contributed by atoms with Crippen molar-refractivity contribution in [2.45, 2.75) is 13.8 Å². The molecule has 0 heterocycles. The normalized spacial score (nSPS) is 10.1. The molecule has 2 rings (SSSR count). The summed E-state index contributed by atoms with van der Waals surface area (Å²) in [5.74, 6) is 1.38. The molecule has 0 bridgehead atoms. The monoisotopic (exact) mass is 240 g/mol. The van der Waals surface area contributed by atoms with Crippen molar-refractivity contribution in [3.63, 3.8) is 0 Å². The summed E-state index contributed by atoms with van der Waals surface area (Å²) in [4.78, 5) is 0. The van der Waals surface area contributed by atoms with E-state index in [9.17, 15) is 0 Å². The van der Waals surface area contributed by atoms with Crippen LogP contribution < -0.4 is 10.5 Å². The lowest BCUT2D eigenvalue weighted by Crippen LogP contribution is -2.12. The number of ether oxygens (including phenoxy) is 1. The second kappa shape index (κ2) is 4.92. The summed E-state index contributed by atoms with van der Waals surface area (Å²) in [6.07, 6.45) is 0. The van der Waals surface area contributed by atoms with E-state index in [1.54, 1.807) is 0 Å². The van der Waals surface area contributed by atoms with Crippen LogP contribution >= 0.6 is 0 Å². The van der Waals surface area contributed by atoms with Crippen LogP contribution in [0.25, 0.3) is 0 Å². The van der Waals surface area contributed by atoms with Crippen molar-refractivity contribution in [1.29, 1.82) is 5.41 Å². The largest absolute Gasteiger partial charge is 0.457 e. The van der Waals surface area contributed by atoms with Gasteiger partial charge in [-0.25, -0.2) is 0 Å². The van der Waals surface area contributed by atoms with Gasteiger partial charge >= 0.3 is 0 Å². The third-order valence-corrected chi connectivity index (χ3v) is 2.64. The topological polar surface area (TPSA) is 59.1 Å². The Morgan fingerprint density at radius 1 is 1.06 bits per heavy atom. The number of hydrogen-bond donors (Lipinski definition) is 2. The number of rotatable bonds is 3. The van der Waals surface area contributed by atoms with Gasteiger partial charge in [0.25, 0.3) is 0 Å². The Labute approximate surface area is 107 Å². The van der Waals surface area contributed by atoms with Crippen LogP contribution in [0, 0.1) is 19.3 Å². The molecule has 0 saturated heterocycles. The fourth-order valence-electron chi connectivity index (χ4n) is 1.75. The molecule has 0 aliphatic heterocycles. The van der Waals surface area contributed by atoms with Crippen molar-refractivity contribution in [2.24, 2.45) is 5.73 Å². The Hall–Kier alpha value is -2.29. The van der Waals surface area contributed by atoms with Crippen molar-refractivity contribution in [2.75, 3.05) is 0 Å². The zero-order valence-electron chi connectivity index (χ0n) is 10.5. The van der Waals surface area contributed by atoms with Crippen LogP contribution in [0.4, 0.5) is 0 Å². The fourth-order valence-corrected chi connectivity index (χ4v) is 1.75. The summed E-state index contributed by atoms with van der Waals surface area (Å²) >= 11 is 0. The summed E-state index contributed by atoms with van der Waals surface area (Å²) in [6.45, 7) is 3.97. The second-order valence-corrected chi connectivity index (χ2v) is 4.33. The highest BCUT2D eigenvalue weighted by Gasteiger charge is 2.08. The predicted molar refractivity (Wildman–Crippen MR) is 73.4 cm³/mol. The SMILES string of the molecule is Cc1cccc(Oc2ccc(C)cc2C(=N)N)c1. The number of nitrogen functional groups attached to an aromatic ring is 1. The standard InChI is InChI=1S/C15H16N2O/c1-10-4-3-5-12(8-10)18-14-7-6-11(2)9-13(14)15(16)17/h3-9H,1-2H3,(H3,16,17). The van der Waals surface area contributed by atoms with Crippen LogP contribution in [-0.4, -0.2) is 5.84 Å². The molecule has 0 aliphatic rings. The van der Waals surface area contributed by atoms with Gasteiger partial charge in [-0.05, 0) is 43.7 Å². The van der Waals surface area contributed by atoms with Crippen molar-refractivity contribution in [3.05, 3.63) is 59.2 Å². The molecule has 3 heteroatoms. The zero-order chi connectivity index (χ0) is 13.1. The van der Waals surface area contributed by atoms with Gasteiger partial charge in [-0.2, -0.15) is 0 Å². The maximum Gasteiger partial charge on any atom is 0.138 e. The van der Waals surface area contributed by atoms with Crippen LogP contribution in [0.5, 0.6) is 11.5 Å². The minimum atomic E-state index is 0.0151. The van der Waals surface area contributed by atoms with Gasteiger partial charge in [0.05, 0.1) is 5.56 Å². The summed E-state index contributed by atoms with van der Waals surface area (Å²) in [6, 6.07) is 13.4. The average molecular weight is 240 g/mol. The number of aryl methyl sites for hydroxylation is 2. The van der Waals surface area contributed by atoms with Crippen molar-refractivity contribution < 1.29 is 4.74 Å². The van der Waals surface area contributed by atoms with Gasteiger partial charge in [0.15, 0.2) is 0 Å². The number of benzene rings is 2. The summed E-state index contributed by atoms with van der Waals surface area (Å²) in [7, 11) is 0. The molecule has 0 saturated carbocycles. The molecular weight excluding hydrogens is 224 g/mol. The van der Waals surface area contributed by atoms with Crippen LogP contribution in [-0.2, 0) is 0 Å². The molecule has 0 unspecified atom stereocenters. The quantitative estimate of drug-likeness (QED) is 0.638. The molecule has 0 radical (unpaired) electrons. The lowest BCUT2D eigenvalue weighted by Gasteiger charge is -2.11. The Balaban J connectivity index is 2.37. The zero-order valence-corrected chi connectivity index (χ0v) is 10.5. The maximum absolute atomic E-state index is 7.58. The Bertz CT molecular complexity index is 591. The van der Waals surface area contributed by atoms with Gasteiger partial charge in [-0.15, -0.1) is 0 Å². The molecule has 0 spiro atoms. The molecule has 0 aliphatic carbocycles. The predicted octanol–water partition coefficient (Wildman–Crippen LogP) is 3.38. The van der Waals surface area contributed by atoms with Crippen molar-refractivity contribution >= 4 is 5.84 Å². The summed E-state index contributed by atoms with van der Waals surface area (Å²) < 4.78 is 5.79. The van der Waals surface area contributed by atoms with E-state index in [2.05, 4.69) is 0 Å². The Morgan fingerprint density at radius 3 is 2.44 bits per heavy atom. The highest BCUT2D eigenvalue weighted by atomic mass is 16.5. The first-order valence-electron chi connectivity index (χ1n) is 5.76. The van der Waals surface area contributed by atoms with E-state index in [1.807, 2.05) is 56.3 Å². The first-order valence-corrected chi connectivity index (χ1v) is 5.76. The highest BCUT2D eigenvalue weighted by Crippen LogP contribution is 2.26. The smallest absolute Gasteiger partial charge is 0.138 e. The van der Waals surface area contributed by atoms with Gasteiger partial charge in [0.2, 0.25) is 0 Å². The first-order chi connectivity index (χ1) is 8.56. The molecule has 0 amide bonds. The third kappa shape index (κ3) is 2.69. The molecule has 2 aromatic rings. The summed E-state index contributed by atoms with van der Waals surface area (Å²) in [5, 5.41) is 7.58. The van der Waals surface area contributed by atoms with E-state index < -0.39 is 0 Å². The Morgan fingerprint density at radius 2 is 1.78 bits per heavy atom. The van der Waals surface area contributed by atoms with E-state index in [0.29, 0.717) is 11.3 Å². The third-order valence-electron chi connectivity index (χ3n) is 2.64. The fraction of sp³-hybridized carbons (Fsp3) is 0.133. The number of nitrogens with one attached hydrogen (secondary N) is 1. The molecule has 2 aromatic carbocycles. The maximum atomic E-state index is 7.58. The molecule has 3 nitrogen and oxygen atoms in total. The van der Waals surface area contributed by atoms with Crippen LogP contribution in [0.1, 0.15) is 16.7 Å². The Kier molecular flexibility index (Phi) is 3.33. The summed E-state index contributed by atoms with van der Waals surface area (Å²) in [5.41, 5.74) is 8.37. The molecule has 0 fully saturated rings. The van der Waals surface area contributed by atoms with Gasteiger partial charge in [-0.1, -0.05) is 23.8 Å². The van der Waals surface area contributed by atoms with Crippen LogP contribution in [0.2, 0.25) is 0 Å². The van der Waals surface area contributed by atoms with Gasteiger partial charge in [0, 0.05) is 0 Å². The number of nitrogens with two attached hydrogens (primary N) is 1. The molecular formula is C15H16N2O. The molecule has 3 N–H and O–H groups in total. The highest BCUT2D eigenvalue weighted by molar-refractivity contribution is 5.97. The lowest BCUT2D eigenvalue weighted by atomic mass is 10.1. The lowest BCUT2D eigenvalue weighted by molar-refractivity contribution is 0.481. The van der Waals surface area contributed by atoms with E-state index in [1.165, 1.54) is 0 Å². The number of amidine groups is 1. The van der Waals surface area contributed by atoms with Crippen LogP contribution in [0.15, 0.2) is 42.5 Å². The molecule has 0 aromatic heterocycles. The minimum Gasteiger partial charge on any atom is -0.457 e. The molecule has 18 heavy (non-hydrogen) atoms. The van der Waals surface area contributed by atoms with E-state index in [-0.39, 0.29) is 5.84 Å². The van der Waals surface area contributed by atoms with E-state index >= 15 is 0 Å². The van der Waals surface area contributed by atoms with Gasteiger partial charge < -0.3 is 10.5 Å². The van der Waals surface area contributed by atoms with Crippen molar-refractivity contribution in [3.8, 4) is 11.5 Å². The molecule has 92 valence electrons. The van der Waals surface area contributed by atoms with Gasteiger partial charge in [0.1, 0.15) is 17.3 Å². The first kappa shape index (κ1) is 12.2. The van der Waals surface area contributed by atoms with E-state index in [4.69, 9.17) is 15.9 Å². The average Bonchev–Trinajstić information content (AvgIpc) is 2.31. The van der Waals surface area contributed by atoms with Crippen LogP contribution in [0.3, 0.4) is 0 Å². The van der Waals surface area contributed by atoms with Crippen molar-refractivity contribution in [1.82, 2.24) is 0 Å². The van der Waals surface area contributed by atoms with Gasteiger partial charge in [-0.3, -0.25) is 5.41 Å².